The Hall–Kier alpha value is -4.25. The number of nitro groups is 1. The Morgan fingerprint density at radius 1 is 1.31 bits per heavy atom. The lowest BCUT2D eigenvalue weighted by molar-refractivity contribution is -0.402. The fraction of sp³-hybridized carbons (Fsp3) is 0.208. The molecule has 35 heavy (non-hydrogen) atoms. The van der Waals surface area contributed by atoms with Gasteiger partial charge in [-0.1, -0.05) is 36.1 Å². The second-order valence-corrected chi connectivity index (χ2v) is 8.41. The highest BCUT2D eigenvalue weighted by Crippen LogP contribution is 2.31. The summed E-state index contributed by atoms with van der Waals surface area (Å²) in [5, 5.41) is 10.9. The largest absolute Gasteiger partial charge is 0.490 e. The van der Waals surface area contributed by atoms with Crippen LogP contribution in [0.25, 0.3) is 6.08 Å². The molecule has 1 aliphatic rings. The van der Waals surface area contributed by atoms with E-state index in [2.05, 4.69) is 11.6 Å². The van der Waals surface area contributed by atoms with E-state index in [1.165, 1.54) is 22.8 Å². The lowest BCUT2D eigenvalue weighted by Gasteiger charge is -2.24. The van der Waals surface area contributed by atoms with Gasteiger partial charge in [-0.25, -0.2) is 9.79 Å². The van der Waals surface area contributed by atoms with Crippen LogP contribution in [0, 0.1) is 10.1 Å². The number of furan rings is 1. The van der Waals surface area contributed by atoms with Crippen LogP contribution in [0.5, 0.6) is 5.75 Å². The summed E-state index contributed by atoms with van der Waals surface area (Å²) >= 11 is 1.09. The van der Waals surface area contributed by atoms with Gasteiger partial charge in [0, 0.05) is 6.08 Å². The lowest BCUT2D eigenvalue weighted by atomic mass is 9.96. The number of rotatable bonds is 8. The predicted octanol–water partition coefficient (Wildman–Crippen LogP) is 2.86. The number of ether oxygens (including phenoxy) is 2. The number of esters is 1. The second kappa shape index (κ2) is 9.94. The van der Waals surface area contributed by atoms with Gasteiger partial charge in [-0.3, -0.25) is 19.5 Å². The molecule has 3 aromatic rings. The molecule has 0 saturated carbocycles. The molecule has 11 heteroatoms. The summed E-state index contributed by atoms with van der Waals surface area (Å²) in [6.45, 7) is 7.52. The van der Waals surface area contributed by atoms with Crippen LogP contribution in [0.3, 0.4) is 0 Å². The fourth-order valence-electron chi connectivity index (χ4n) is 3.66. The maximum atomic E-state index is 13.5. The molecule has 1 aliphatic heterocycles. The van der Waals surface area contributed by atoms with Crippen LogP contribution in [-0.2, 0) is 9.53 Å². The number of carbonyl (C=O) groups excluding carboxylic acids is 1. The number of allylic oxidation sites excluding steroid dienone is 1. The molecule has 1 atom stereocenters. The first-order chi connectivity index (χ1) is 16.8. The maximum absolute atomic E-state index is 13.5. The molecule has 1 aromatic carbocycles. The van der Waals surface area contributed by atoms with E-state index in [0.717, 1.165) is 11.3 Å². The minimum Gasteiger partial charge on any atom is -0.490 e. The van der Waals surface area contributed by atoms with E-state index in [1.54, 1.807) is 44.2 Å². The summed E-state index contributed by atoms with van der Waals surface area (Å²) in [5.74, 6) is -0.231. The number of hydrogen-bond acceptors (Lipinski definition) is 9. The van der Waals surface area contributed by atoms with Crippen LogP contribution < -0.4 is 19.6 Å². The zero-order valence-electron chi connectivity index (χ0n) is 18.9. The molecule has 10 nitrogen and oxygen atoms in total. The van der Waals surface area contributed by atoms with Crippen LogP contribution in [0.2, 0.25) is 0 Å². The smallest absolute Gasteiger partial charge is 0.433 e. The molecule has 3 heterocycles. The van der Waals surface area contributed by atoms with E-state index >= 15 is 0 Å². The number of fused-ring (bicyclic) bond motifs is 1. The van der Waals surface area contributed by atoms with Gasteiger partial charge in [0.15, 0.2) is 4.80 Å². The van der Waals surface area contributed by atoms with Gasteiger partial charge in [-0.15, -0.1) is 0 Å². The SMILES string of the molecule is C=CCOc1ccc([C@@H]2C(C(=O)OCC)=C(C)N=c3sc(=Cc4ccc([N+](=O)[O-])o4)c(=O)n32)cc1. The van der Waals surface area contributed by atoms with Crippen molar-refractivity contribution in [3.63, 3.8) is 0 Å². The van der Waals surface area contributed by atoms with Crippen molar-refractivity contribution in [2.24, 2.45) is 4.99 Å². The molecule has 0 bridgehead atoms. The molecule has 180 valence electrons. The molecular formula is C24H21N3O7S. The van der Waals surface area contributed by atoms with Gasteiger partial charge >= 0.3 is 11.9 Å². The van der Waals surface area contributed by atoms with E-state index in [-0.39, 0.29) is 22.5 Å². The van der Waals surface area contributed by atoms with Crippen molar-refractivity contribution in [1.82, 2.24) is 4.57 Å². The zero-order chi connectivity index (χ0) is 25.1. The van der Waals surface area contributed by atoms with Crippen LogP contribution in [0.4, 0.5) is 5.88 Å². The third kappa shape index (κ3) is 4.71. The van der Waals surface area contributed by atoms with Crippen molar-refractivity contribution in [1.29, 1.82) is 0 Å². The summed E-state index contributed by atoms with van der Waals surface area (Å²) in [6.07, 6.45) is 3.05. The summed E-state index contributed by atoms with van der Waals surface area (Å²) < 4.78 is 17.7. The average Bonchev–Trinajstić information content (AvgIpc) is 3.42. The van der Waals surface area contributed by atoms with Crippen LogP contribution >= 0.6 is 11.3 Å². The van der Waals surface area contributed by atoms with Gasteiger partial charge in [-0.2, -0.15) is 0 Å². The summed E-state index contributed by atoms with van der Waals surface area (Å²) in [4.78, 5) is 41.5. The number of aromatic nitrogens is 1. The minimum atomic E-state index is -0.785. The first-order valence-corrected chi connectivity index (χ1v) is 11.4. The average molecular weight is 496 g/mol. The van der Waals surface area contributed by atoms with E-state index in [4.69, 9.17) is 13.9 Å². The van der Waals surface area contributed by atoms with Gasteiger partial charge < -0.3 is 13.9 Å². The number of carbonyl (C=O) groups is 1. The Morgan fingerprint density at radius 3 is 2.69 bits per heavy atom. The van der Waals surface area contributed by atoms with Gasteiger partial charge in [0.1, 0.15) is 23.0 Å². The quantitative estimate of drug-likeness (QED) is 0.204. The van der Waals surface area contributed by atoms with Gasteiger partial charge in [0.2, 0.25) is 0 Å². The Balaban J connectivity index is 1.87. The predicted molar refractivity (Wildman–Crippen MR) is 128 cm³/mol. The van der Waals surface area contributed by atoms with Gasteiger partial charge in [-0.05, 0) is 37.6 Å². The summed E-state index contributed by atoms with van der Waals surface area (Å²) in [5.41, 5.74) is 0.926. The summed E-state index contributed by atoms with van der Waals surface area (Å²) in [6, 6.07) is 8.87. The number of hydrogen-bond donors (Lipinski definition) is 0. The molecule has 0 radical (unpaired) electrons. The maximum Gasteiger partial charge on any atom is 0.433 e. The fourth-order valence-corrected chi connectivity index (χ4v) is 4.68. The van der Waals surface area contributed by atoms with Crippen LogP contribution in [0.1, 0.15) is 31.2 Å². The van der Waals surface area contributed by atoms with Crippen molar-refractivity contribution < 1.29 is 23.6 Å². The van der Waals surface area contributed by atoms with Crippen molar-refractivity contribution in [2.45, 2.75) is 19.9 Å². The first-order valence-electron chi connectivity index (χ1n) is 10.6. The van der Waals surface area contributed by atoms with E-state index in [9.17, 15) is 19.7 Å². The molecule has 0 saturated heterocycles. The molecule has 0 amide bonds. The Morgan fingerprint density at radius 2 is 2.06 bits per heavy atom. The number of benzene rings is 1. The van der Waals surface area contributed by atoms with Crippen LogP contribution in [-0.4, -0.2) is 28.7 Å². The topological polar surface area (TPSA) is 126 Å². The third-order valence-electron chi connectivity index (χ3n) is 5.15. The third-order valence-corrected chi connectivity index (χ3v) is 6.13. The molecule has 4 rings (SSSR count). The van der Waals surface area contributed by atoms with Gasteiger partial charge in [0.25, 0.3) is 5.56 Å². The summed E-state index contributed by atoms with van der Waals surface area (Å²) in [7, 11) is 0. The molecule has 2 aromatic heterocycles. The normalized spacial score (nSPS) is 15.4. The highest BCUT2D eigenvalue weighted by atomic mass is 32.1. The molecule has 0 N–H and O–H groups in total. The minimum absolute atomic E-state index is 0.156. The van der Waals surface area contributed by atoms with Crippen molar-refractivity contribution in [3.05, 3.63) is 101 Å². The Kier molecular flexibility index (Phi) is 6.78. The first kappa shape index (κ1) is 23.9. The van der Waals surface area contributed by atoms with Crippen molar-refractivity contribution in [3.8, 4) is 5.75 Å². The standard InChI is InChI=1S/C24H21N3O7S/c1-4-12-33-16-8-6-15(7-9-16)21-20(23(29)32-5-2)14(3)25-24-26(21)22(28)18(35-24)13-17-10-11-19(34-17)27(30)31/h4,6-11,13,21H,1,5,12H2,2-3H3/t21-/m1/s1. The zero-order valence-corrected chi connectivity index (χ0v) is 19.7. The highest BCUT2D eigenvalue weighted by Gasteiger charge is 2.33. The van der Waals surface area contributed by atoms with Crippen LogP contribution in [0.15, 0.2) is 74.5 Å². The highest BCUT2D eigenvalue weighted by molar-refractivity contribution is 7.07. The molecule has 0 aliphatic carbocycles. The number of nitrogens with zero attached hydrogens (tertiary/aromatic N) is 3. The molecule has 0 fully saturated rings. The van der Waals surface area contributed by atoms with E-state index in [1.807, 2.05) is 0 Å². The molecule has 0 spiro atoms. The van der Waals surface area contributed by atoms with Gasteiger partial charge in [0.05, 0.1) is 34.5 Å². The van der Waals surface area contributed by atoms with E-state index < -0.39 is 28.4 Å². The van der Waals surface area contributed by atoms with Crippen molar-refractivity contribution >= 4 is 29.3 Å². The Labute approximate surface area is 202 Å². The monoisotopic (exact) mass is 495 g/mol. The van der Waals surface area contributed by atoms with Crippen molar-refractivity contribution in [2.75, 3.05) is 13.2 Å². The lowest BCUT2D eigenvalue weighted by Crippen LogP contribution is -2.39. The second-order valence-electron chi connectivity index (χ2n) is 7.40. The number of thiazole rings is 1. The van der Waals surface area contributed by atoms with E-state index in [0.29, 0.717) is 28.4 Å². The molecular weight excluding hydrogens is 474 g/mol. The molecule has 0 unspecified atom stereocenters. The Bertz CT molecular complexity index is 1510.